The fraction of sp³-hybridized carbons (Fsp3) is 0.500. The van der Waals surface area contributed by atoms with Crippen molar-refractivity contribution in [2.75, 3.05) is 26.1 Å². The van der Waals surface area contributed by atoms with Crippen molar-refractivity contribution in [2.45, 2.75) is 19.4 Å². The molecule has 3 nitrogen and oxygen atoms in total. The van der Waals surface area contributed by atoms with E-state index in [4.69, 9.17) is 21.1 Å². The molecule has 0 radical (unpaired) electrons. The molecule has 0 saturated heterocycles. The number of halogens is 1. The van der Waals surface area contributed by atoms with Crippen LogP contribution in [0.15, 0.2) is 18.2 Å². The van der Waals surface area contributed by atoms with Crippen molar-refractivity contribution in [3.8, 4) is 5.75 Å². The molecule has 1 unspecified atom stereocenters. The van der Waals surface area contributed by atoms with Crippen molar-refractivity contribution in [1.82, 2.24) is 0 Å². The van der Waals surface area contributed by atoms with Crippen LogP contribution in [0.4, 0.5) is 5.69 Å². The Morgan fingerprint density at radius 3 is 2.69 bits per heavy atom. The van der Waals surface area contributed by atoms with E-state index < -0.39 is 0 Å². The largest absolute Gasteiger partial charge is 0.495 e. The summed E-state index contributed by atoms with van der Waals surface area (Å²) in [6.45, 7) is 2.80. The highest BCUT2D eigenvalue weighted by molar-refractivity contribution is 6.32. The van der Waals surface area contributed by atoms with Gasteiger partial charge in [-0.05, 0) is 18.6 Å². The Hall–Kier alpha value is -0.930. The Bertz CT molecular complexity index is 331. The molecule has 0 aliphatic carbocycles. The first kappa shape index (κ1) is 13.1. The van der Waals surface area contributed by atoms with Crippen LogP contribution in [-0.2, 0) is 4.74 Å². The first-order valence-electron chi connectivity index (χ1n) is 5.30. The van der Waals surface area contributed by atoms with Crippen LogP contribution in [0.5, 0.6) is 5.75 Å². The maximum Gasteiger partial charge on any atom is 0.139 e. The molecule has 0 aliphatic heterocycles. The normalized spacial score (nSPS) is 12.2. The number of hydrogen-bond donors (Lipinski definition) is 1. The Morgan fingerprint density at radius 2 is 2.12 bits per heavy atom. The summed E-state index contributed by atoms with van der Waals surface area (Å²) in [5.41, 5.74) is 0.991. The molecule has 16 heavy (non-hydrogen) atoms. The molecule has 0 aliphatic rings. The van der Waals surface area contributed by atoms with E-state index in [-0.39, 0.29) is 0 Å². The SMILES string of the molecule is CCC(COC)Nc1ccc(Cl)c(OC)c1. The second-order valence-electron chi connectivity index (χ2n) is 3.55. The Kier molecular flexibility index (Phi) is 5.43. The van der Waals surface area contributed by atoms with E-state index >= 15 is 0 Å². The van der Waals surface area contributed by atoms with Gasteiger partial charge in [0.15, 0.2) is 0 Å². The maximum absolute atomic E-state index is 5.95. The molecule has 0 aromatic heterocycles. The monoisotopic (exact) mass is 243 g/mol. The third kappa shape index (κ3) is 3.58. The topological polar surface area (TPSA) is 30.5 Å². The summed E-state index contributed by atoms with van der Waals surface area (Å²) in [7, 11) is 3.31. The van der Waals surface area contributed by atoms with Crippen molar-refractivity contribution in [3.05, 3.63) is 23.2 Å². The molecule has 90 valence electrons. The van der Waals surface area contributed by atoms with Crippen molar-refractivity contribution < 1.29 is 9.47 Å². The maximum atomic E-state index is 5.95. The van der Waals surface area contributed by atoms with Gasteiger partial charge in [-0.25, -0.2) is 0 Å². The molecule has 4 heteroatoms. The van der Waals surface area contributed by atoms with Gasteiger partial charge in [-0.1, -0.05) is 18.5 Å². The van der Waals surface area contributed by atoms with Crippen molar-refractivity contribution in [2.24, 2.45) is 0 Å². The molecular weight excluding hydrogens is 226 g/mol. The molecular formula is C12H18ClNO2. The molecule has 0 saturated carbocycles. The lowest BCUT2D eigenvalue weighted by atomic mass is 10.2. The first-order chi connectivity index (χ1) is 7.71. The molecule has 0 heterocycles. The summed E-state index contributed by atoms with van der Waals surface area (Å²) < 4.78 is 10.3. The van der Waals surface area contributed by atoms with Gasteiger partial charge in [-0.3, -0.25) is 0 Å². The predicted molar refractivity (Wildman–Crippen MR) is 67.6 cm³/mol. The number of benzene rings is 1. The average Bonchev–Trinajstić information content (AvgIpc) is 2.30. The molecule has 1 atom stereocenters. The molecule has 1 N–H and O–H groups in total. The van der Waals surface area contributed by atoms with Gasteiger partial charge in [0, 0.05) is 24.9 Å². The zero-order valence-corrected chi connectivity index (χ0v) is 10.7. The summed E-state index contributed by atoms with van der Waals surface area (Å²) >= 11 is 5.95. The van der Waals surface area contributed by atoms with E-state index in [1.807, 2.05) is 18.2 Å². The number of methoxy groups -OCH3 is 2. The van der Waals surface area contributed by atoms with Crippen molar-refractivity contribution in [1.29, 1.82) is 0 Å². The van der Waals surface area contributed by atoms with Crippen LogP contribution < -0.4 is 10.1 Å². The highest BCUT2D eigenvalue weighted by atomic mass is 35.5. The fourth-order valence-corrected chi connectivity index (χ4v) is 1.64. The molecule has 0 amide bonds. The van der Waals surface area contributed by atoms with Crippen LogP contribution in [-0.4, -0.2) is 26.9 Å². The number of nitrogens with one attached hydrogen (secondary N) is 1. The van der Waals surface area contributed by atoms with E-state index in [1.54, 1.807) is 14.2 Å². The summed E-state index contributed by atoms with van der Waals surface area (Å²) in [6, 6.07) is 5.95. The van der Waals surface area contributed by atoms with E-state index in [1.165, 1.54) is 0 Å². The molecule has 1 aromatic carbocycles. The fourth-order valence-electron chi connectivity index (χ4n) is 1.45. The predicted octanol–water partition coefficient (Wildman–Crippen LogP) is 3.19. The standard InChI is InChI=1S/C12H18ClNO2/c1-4-9(8-15-2)14-10-5-6-11(13)12(7-10)16-3/h5-7,9,14H,4,8H2,1-3H3. The number of ether oxygens (including phenoxy) is 2. The second kappa shape index (κ2) is 6.61. The van der Waals surface area contributed by atoms with Crippen LogP contribution >= 0.6 is 11.6 Å². The molecule has 0 spiro atoms. The van der Waals surface area contributed by atoms with Crippen molar-refractivity contribution >= 4 is 17.3 Å². The van der Waals surface area contributed by atoms with Gasteiger partial charge in [0.1, 0.15) is 5.75 Å². The first-order valence-corrected chi connectivity index (χ1v) is 5.68. The summed E-state index contributed by atoms with van der Waals surface area (Å²) in [5, 5.41) is 3.99. The minimum Gasteiger partial charge on any atom is -0.495 e. The molecule has 1 rings (SSSR count). The van der Waals surface area contributed by atoms with Crippen LogP contribution in [0.25, 0.3) is 0 Å². The minimum atomic E-state index is 0.302. The lowest BCUT2D eigenvalue weighted by Gasteiger charge is -2.18. The Morgan fingerprint density at radius 1 is 1.38 bits per heavy atom. The molecule has 1 aromatic rings. The van der Waals surface area contributed by atoms with Crippen LogP contribution in [0.2, 0.25) is 5.02 Å². The van der Waals surface area contributed by atoms with Crippen molar-refractivity contribution in [3.63, 3.8) is 0 Å². The third-order valence-electron chi connectivity index (χ3n) is 2.38. The highest BCUT2D eigenvalue weighted by Crippen LogP contribution is 2.27. The van der Waals surface area contributed by atoms with Gasteiger partial charge in [-0.2, -0.15) is 0 Å². The molecule has 0 bridgehead atoms. The average molecular weight is 244 g/mol. The van der Waals surface area contributed by atoms with E-state index in [0.717, 1.165) is 12.1 Å². The number of hydrogen-bond acceptors (Lipinski definition) is 3. The van der Waals surface area contributed by atoms with Gasteiger partial charge >= 0.3 is 0 Å². The van der Waals surface area contributed by atoms with Crippen LogP contribution in [0.3, 0.4) is 0 Å². The van der Waals surface area contributed by atoms with E-state index in [9.17, 15) is 0 Å². The van der Waals surface area contributed by atoms with Gasteiger partial charge in [-0.15, -0.1) is 0 Å². The van der Waals surface area contributed by atoms with Gasteiger partial charge in [0.25, 0.3) is 0 Å². The molecule has 0 fully saturated rings. The van der Waals surface area contributed by atoms with Crippen LogP contribution in [0.1, 0.15) is 13.3 Å². The number of rotatable bonds is 6. The third-order valence-corrected chi connectivity index (χ3v) is 2.69. The van der Waals surface area contributed by atoms with Gasteiger partial charge in [0.05, 0.1) is 18.7 Å². The smallest absolute Gasteiger partial charge is 0.139 e. The summed E-state index contributed by atoms with van der Waals surface area (Å²) in [4.78, 5) is 0. The lowest BCUT2D eigenvalue weighted by molar-refractivity contribution is 0.184. The van der Waals surface area contributed by atoms with Gasteiger partial charge in [0.2, 0.25) is 0 Å². The zero-order chi connectivity index (χ0) is 12.0. The Balaban J connectivity index is 2.72. The zero-order valence-electron chi connectivity index (χ0n) is 9.92. The summed E-state index contributed by atoms with van der Waals surface area (Å²) in [5.74, 6) is 0.680. The van der Waals surface area contributed by atoms with Crippen LogP contribution in [0, 0.1) is 0 Å². The second-order valence-corrected chi connectivity index (χ2v) is 3.96. The van der Waals surface area contributed by atoms with E-state index in [2.05, 4.69) is 12.2 Å². The lowest BCUT2D eigenvalue weighted by Crippen LogP contribution is -2.23. The Labute approximate surface area is 102 Å². The highest BCUT2D eigenvalue weighted by Gasteiger charge is 2.07. The summed E-state index contributed by atoms with van der Waals surface area (Å²) in [6.07, 6.45) is 0.999. The quantitative estimate of drug-likeness (QED) is 0.833. The number of anilines is 1. The minimum absolute atomic E-state index is 0.302. The van der Waals surface area contributed by atoms with E-state index in [0.29, 0.717) is 23.4 Å². The van der Waals surface area contributed by atoms with Gasteiger partial charge < -0.3 is 14.8 Å².